The van der Waals surface area contributed by atoms with Crippen LogP contribution in [0, 0.1) is 6.92 Å². The molecule has 174 valence electrons. The second kappa shape index (κ2) is 10.4. The van der Waals surface area contributed by atoms with Crippen LogP contribution in [0.1, 0.15) is 36.0 Å². The van der Waals surface area contributed by atoms with Gasteiger partial charge in [0.1, 0.15) is 16.6 Å². The lowest BCUT2D eigenvalue weighted by atomic mass is 10.0. The highest BCUT2D eigenvalue weighted by Gasteiger charge is 2.39. The van der Waals surface area contributed by atoms with Gasteiger partial charge in [-0.05, 0) is 61.6 Å². The van der Waals surface area contributed by atoms with Crippen LogP contribution in [0.4, 0.5) is 0 Å². The SMILES string of the molecule is Cc1ccc(OCc2ccc(CCC(=O)[C@@H]3CCCN3S(=O)(=O)c3ccc(Cl)s3)cc2)cc1. The summed E-state index contributed by atoms with van der Waals surface area (Å²) in [4.78, 5) is 12.9. The molecule has 3 aromatic rings. The van der Waals surface area contributed by atoms with E-state index in [9.17, 15) is 13.2 Å². The maximum absolute atomic E-state index is 13.0. The van der Waals surface area contributed by atoms with Crippen LogP contribution < -0.4 is 4.74 Å². The number of halogens is 1. The first-order chi connectivity index (χ1) is 15.8. The summed E-state index contributed by atoms with van der Waals surface area (Å²) in [5.74, 6) is 0.793. The zero-order chi connectivity index (χ0) is 23.4. The summed E-state index contributed by atoms with van der Waals surface area (Å²) in [7, 11) is -3.70. The van der Waals surface area contributed by atoms with Crippen LogP contribution in [0.2, 0.25) is 4.34 Å². The van der Waals surface area contributed by atoms with Gasteiger partial charge in [-0.3, -0.25) is 4.79 Å². The van der Waals surface area contributed by atoms with E-state index in [4.69, 9.17) is 16.3 Å². The van der Waals surface area contributed by atoms with Crippen molar-refractivity contribution in [3.05, 3.63) is 81.7 Å². The van der Waals surface area contributed by atoms with Crippen LogP contribution in [0.25, 0.3) is 0 Å². The predicted molar refractivity (Wildman–Crippen MR) is 132 cm³/mol. The smallest absolute Gasteiger partial charge is 0.253 e. The Morgan fingerprint density at radius 1 is 1.06 bits per heavy atom. The number of ether oxygens (including phenoxy) is 1. The highest BCUT2D eigenvalue weighted by atomic mass is 35.5. The third kappa shape index (κ3) is 5.84. The largest absolute Gasteiger partial charge is 0.489 e. The monoisotopic (exact) mass is 503 g/mol. The Morgan fingerprint density at radius 3 is 2.42 bits per heavy atom. The fourth-order valence-electron chi connectivity index (χ4n) is 3.94. The van der Waals surface area contributed by atoms with Crippen LogP contribution >= 0.6 is 22.9 Å². The van der Waals surface area contributed by atoms with E-state index in [0.717, 1.165) is 28.2 Å². The molecular weight excluding hydrogens is 478 g/mol. The summed E-state index contributed by atoms with van der Waals surface area (Å²) in [6.07, 6.45) is 2.13. The molecule has 0 radical (unpaired) electrons. The third-order valence-electron chi connectivity index (χ3n) is 5.80. The van der Waals surface area contributed by atoms with Gasteiger partial charge in [-0.25, -0.2) is 8.42 Å². The minimum Gasteiger partial charge on any atom is -0.489 e. The second-order valence-corrected chi connectivity index (χ2v) is 12.0. The van der Waals surface area contributed by atoms with Crippen molar-refractivity contribution in [3.63, 3.8) is 0 Å². The molecule has 0 spiro atoms. The topological polar surface area (TPSA) is 63.7 Å². The fraction of sp³-hybridized carbons (Fsp3) is 0.320. The molecule has 0 amide bonds. The van der Waals surface area contributed by atoms with Gasteiger partial charge in [-0.1, -0.05) is 53.6 Å². The molecule has 2 heterocycles. The molecule has 8 heteroatoms. The highest BCUT2D eigenvalue weighted by Crippen LogP contribution is 2.32. The molecule has 1 aromatic heterocycles. The molecule has 0 aliphatic carbocycles. The maximum Gasteiger partial charge on any atom is 0.253 e. The van der Waals surface area contributed by atoms with E-state index in [1.165, 1.54) is 15.9 Å². The zero-order valence-corrected chi connectivity index (χ0v) is 20.8. The van der Waals surface area contributed by atoms with Crippen molar-refractivity contribution in [2.75, 3.05) is 6.54 Å². The van der Waals surface area contributed by atoms with Gasteiger partial charge >= 0.3 is 0 Å². The quantitative estimate of drug-likeness (QED) is 0.379. The normalized spacial score (nSPS) is 16.7. The zero-order valence-electron chi connectivity index (χ0n) is 18.4. The molecule has 0 N–H and O–H groups in total. The van der Waals surface area contributed by atoms with Crippen molar-refractivity contribution in [3.8, 4) is 5.75 Å². The number of rotatable bonds is 9. The molecule has 1 aliphatic heterocycles. The van der Waals surface area contributed by atoms with Gasteiger partial charge in [0.05, 0.1) is 10.4 Å². The lowest BCUT2D eigenvalue weighted by Crippen LogP contribution is -2.40. The van der Waals surface area contributed by atoms with Gasteiger partial charge in [0.15, 0.2) is 5.78 Å². The number of hydrogen-bond acceptors (Lipinski definition) is 5. The first kappa shape index (κ1) is 24.0. The predicted octanol–water partition coefficient (Wildman–Crippen LogP) is 5.64. The standard InChI is InChI=1S/C25H26ClNO4S2/c1-18-4-11-21(12-5-18)31-17-20-8-6-19(7-9-20)10-13-23(28)22-3-2-16-27(22)33(29,30)25-15-14-24(26)32-25/h4-9,11-12,14-15,22H,2-3,10,13,16-17H2,1H3/t22-/m0/s1. The highest BCUT2D eigenvalue weighted by molar-refractivity contribution is 7.91. The summed E-state index contributed by atoms with van der Waals surface area (Å²) in [6, 6.07) is 18.4. The van der Waals surface area contributed by atoms with E-state index >= 15 is 0 Å². The Hall–Kier alpha value is -2.19. The Balaban J connectivity index is 1.32. The average molecular weight is 504 g/mol. The number of benzene rings is 2. The van der Waals surface area contributed by atoms with Gasteiger partial charge in [0, 0.05) is 13.0 Å². The Bertz CT molecular complexity index is 1200. The van der Waals surface area contributed by atoms with E-state index < -0.39 is 16.1 Å². The van der Waals surface area contributed by atoms with Crippen LogP contribution in [0.3, 0.4) is 0 Å². The summed E-state index contributed by atoms with van der Waals surface area (Å²) in [5.41, 5.74) is 3.28. The van der Waals surface area contributed by atoms with Crippen LogP contribution in [-0.4, -0.2) is 31.1 Å². The summed E-state index contributed by atoms with van der Waals surface area (Å²) < 4.78 is 33.7. The van der Waals surface area contributed by atoms with E-state index in [1.54, 1.807) is 6.07 Å². The molecule has 0 saturated carbocycles. The molecule has 0 unspecified atom stereocenters. The summed E-state index contributed by atoms with van der Waals surface area (Å²) in [5, 5.41) is 0. The molecule has 4 rings (SSSR count). The molecule has 33 heavy (non-hydrogen) atoms. The number of carbonyl (C=O) groups is 1. The molecule has 1 aliphatic rings. The van der Waals surface area contributed by atoms with Crippen molar-refractivity contribution in [2.24, 2.45) is 0 Å². The number of aryl methyl sites for hydroxylation is 2. The molecular formula is C25H26ClNO4S2. The van der Waals surface area contributed by atoms with E-state index in [-0.39, 0.29) is 9.99 Å². The first-order valence-corrected chi connectivity index (χ1v) is 13.5. The fourth-order valence-corrected chi connectivity index (χ4v) is 7.23. The van der Waals surface area contributed by atoms with Crippen molar-refractivity contribution in [1.29, 1.82) is 0 Å². The van der Waals surface area contributed by atoms with Crippen molar-refractivity contribution in [2.45, 2.75) is 49.5 Å². The van der Waals surface area contributed by atoms with Crippen molar-refractivity contribution in [1.82, 2.24) is 4.31 Å². The van der Waals surface area contributed by atoms with Gasteiger partial charge in [-0.2, -0.15) is 4.31 Å². The van der Waals surface area contributed by atoms with Gasteiger partial charge < -0.3 is 4.74 Å². The van der Waals surface area contributed by atoms with E-state index in [0.29, 0.717) is 43.2 Å². The molecule has 1 atom stereocenters. The molecule has 2 aromatic carbocycles. The number of thiophene rings is 1. The third-order valence-corrected chi connectivity index (χ3v) is 9.40. The minimum absolute atomic E-state index is 0.0366. The Kier molecular flexibility index (Phi) is 7.54. The van der Waals surface area contributed by atoms with Crippen LogP contribution in [0.15, 0.2) is 64.9 Å². The summed E-state index contributed by atoms with van der Waals surface area (Å²) in [6.45, 7) is 2.88. The number of nitrogens with zero attached hydrogens (tertiary/aromatic N) is 1. The number of sulfonamides is 1. The average Bonchev–Trinajstić information content (AvgIpc) is 3.48. The lowest BCUT2D eigenvalue weighted by molar-refractivity contribution is -0.122. The number of carbonyl (C=O) groups excluding carboxylic acids is 1. The Labute approximate surface area is 204 Å². The van der Waals surface area contributed by atoms with E-state index in [1.807, 2.05) is 55.5 Å². The second-order valence-electron chi connectivity index (χ2n) is 8.22. The molecule has 0 bridgehead atoms. The molecule has 5 nitrogen and oxygen atoms in total. The van der Waals surface area contributed by atoms with Crippen LogP contribution in [-0.2, 0) is 27.8 Å². The Morgan fingerprint density at radius 2 is 1.76 bits per heavy atom. The van der Waals surface area contributed by atoms with Crippen LogP contribution in [0.5, 0.6) is 5.75 Å². The van der Waals surface area contributed by atoms with Gasteiger partial charge in [0.2, 0.25) is 0 Å². The van der Waals surface area contributed by atoms with Gasteiger partial charge in [0.25, 0.3) is 10.0 Å². The van der Waals surface area contributed by atoms with Crippen molar-refractivity contribution >= 4 is 38.7 Å². The summed E-state index contributed by atoms with van der Waals surface area (Å²) >= 11 is 6.94. The molecule has 1 saturated heterocycles. The van der Waals surface area contributed by atoms with Gasteiger partial charge in [-0.15, -0.1) is 11.3 Å². The maximum atomic E-state index is 13.0. The lowest BCUT2D eigenvalue weighted by Gasteiger charge is -2.22. The minimum atomic E-state index is -3.70. The first-order valence-electron chi connectivity index (χ1n) is 10.9. The van der Waals surface area contributed by atoms with E-state index in [2.05, 4.69) is 0 Å². The number of ketones is 1. The van der Waals surface area contributed by atoms with Crippen molar-refractivity contribution < 1.29 is 17.9 Å². The number of hydrogen-bond donors (Lipinski definition) is 0. The molecule has 1 fully saturated rings. The number of Topliss-reactive ketones (excluding diaryl/α,β-unsaturated/α-hetero) is 1.